The van der Waals surface area contributed by atoms with Crippen LogP contribution in [-0.4, -0.2) is 58.9 Å². The molecule has 5 rings (SSSR count). The van der Waals surface area contributed by atoms with Crippen molar-refractivity contribution in [2.45, 2.75) is 38.1 Å². The van der Waals surface area contributed by atoms with Crippen molar-refractivity contribution in [2.75, 3.05) is 13.2 Å². The highest BCUT2D eigenvalue weighted by molar-refractivity contribution is 6.09. The van der Waals surface area contributed by atoms with E-state index >= 15 is 0 Å². The lowest BCUT2D eigenvalue weighted by Crippen LogP contribution is -2.55. The normalized spacial score (nSPS) is 11.9. The third-order valence-electron chi connectivity index (χ3n) is 7.78. The number of H-pyrrole nitrogens is 1. The van der Waals surface area contributed by atoms with E-state index in [1.165, 1.54) is 6.33 Å². The summed E-state index contributed by atoms with van der Waals surface area (Å²) in [7, 11) is 0. The SMILES string of the molecule is O=C(N[C@H](Cc1cnc[nH]1)C(=O)N[C@@H](Cc1ccc(C(=O)c2ccccc2)cc1)C(=O)NCCOCc1ccccc1)OCc1ccccc1. The molecule has 0 aliphatic carbocycles. The molecule has 11 nitrogen and oxygen atoms in total. The molecule has 0 aliphatic rings. The van der Waals surface area contributed by atoms with Gasteiger partial charge in [-0.1, -0.05) is 115 Å². The Kier molecular flexibility index (Phi) is 13.0. The maximum Gasteiger partial charge on any atom is 0.408 e. The fraction of sp³-hybridized carbons (Fsp3) is 0.205. The minimum atomic E-state index is -1.09. The zero-order valence-electron chi connectivity index (χ0n) is 27.4. The minimum Gasteiger partial charge on any atom is -0.445 e. The number of aromatic nitrogens is 2. The van der Waals surface area contributed by atoms with Crippen molar-refractivity contribution in [1.29, 1.82) is 0 Å². The second-order valence-electron chi connectivity index (χ2n) is 11.5. The van der Waals surface area contributed by atoms with Gasteiger partial charge in [-0.3, -0.25) is 14.4 Å². The largest absolute Gasteiger partial charge is 0.445 e. The van der Waals surface area contributed by atoms with Crippen molar-refractivity contribution in [1.82, 2.24) is 25.9 Å². The average Bonchev–Trinajstić information content (AvgIpc) is 3.68. The number of nitrogens with one attached hydrogen (secondary N) is 4. The van der Waals surface area contributed by atoms with Crippen molar-refractivity contribution in [3.8, 4) is 0 Å². The first-order chi connectivity index (χ1) is 24.4. The summed E-state index contributed by atoms with van der Waals surface area (Å²) in [4.78, 5) is 60.0. The molecule has 5 aromatic rings. The van der Waals surface area contributed by atoms with E-state index in [1.807, 2.05) is 66.7 Å². The Morgan fingerprint density at radius 2 is 1.24 bits per heavy atom. The predicted molar refractivity (Wildman–Crippen MR) is 187 cm³/mol. The fourth-order valence-electron chi connectivity index (χ4n) is 5.13. The number of alkyl carbamates (subject to hydrolysis) is 1. The Morgan fingerprint density at radius 3 is 1.88 bits per heavy atom. The molecular formula is C39H39N5O6. The highest BCUT2D eigenvalue weighted by Gasteiger charge is 2.28. The third-order valence-corrected chi connectivity index (χ3v) is 7.78. The lowest BCUT2D eigenvalue weighted by Gasteiger charge is -2.23. The van der Waals surface area contributed by atoms with Crippen LogP contribution in [0.5, 0.6) is 0 Å². The summed E-state index contributed by atoms with van der Waals surface area (Å²) in [6.45, 7) is 0.885. The first kappa shape index (κ1) is 35.2. The van der Waals surface area contributed by atoms with Crippen molar-refractivity contribution in [3.63, 3.8) is 0 Å². The number of nitrogens with zero attached hydrogens (tertiary/aromatic N) is 1. The van der Waals surface area contributed by atoms with Crippen LogP contribution in [-0.2, 0) is 45.1 Å². The van der Waals surface area contributed by atoms with Gasteiger partial charge in [0.1, 0.15) is 18.7 Å². The number of ether oxygens (including phenoxy) is 2. The first-order valence-electron chi connectivity index (χ1n) is 16.3. The van der Waals surface area contributed by atoms with Crippen molar-refractivity contribution < 1.29 is 28.7 Å². The number of rotatable bonds is 17. The van der Waals surface area contributed by atoms with Gasteiger partial charge in [-0.2, -0.15) is 0 Å². The number of imidazole rings is 1. The minimum absolute atomic E-state index is 0.0191. The molecule has 11 heteroatoms. The van der Waals surface area contributed by atoms with Crippen LogP contribution in [0, 0.1) is 0 Å². The molecule has 4 N–H and O–H groups in total. The van der Waals surface area contributed by atoms with E-state index in [4.69, 9.17) is 9.47 Å². The molecule has 2 atom stereocenters. The number of hydrogen-bond donors (Lipinski definition) is 4. The van der Waals surface area contributed by atoms with E-state index in [0.717, 1.165) is 16.7 Å². The number of carbonyl (C=O) groups excluding carboxylic acids is 4. The molecule has 0 aliphatic heterocycles. The number of amides is 3. The van der Waals surface area contributed by atoms with Crippen molar-refractivity contribution >= 4 is 23.7 Å². The van der Waals surface area contributed by atoms with E-state index in [1.54, 1.807) is 54.7 Å². The van der Waals surface area contributed by atoms with Crippen LogP contribution in [0.25, 0.3) is 0 Å². The van der Waals surface area contributed by atoms with Crippen LogP contribution >= 0.6 is 0 Å². The van der Waals surface area contributed by atoms with Crippen LogP contribution in [0.15, 0.2) is 128 Å². The quantitative estimate of drug-likeness (QED) is 0.0836. The van der Waals surface area contributed by atoms with E-state index in [2.05, 4.69) is 25.9 Å². The van der Waals surface area contributed by atoms with Gasteiger partial charge in [0.15, 0.2) is 5.78 Å². The van der Waals surface area contributed by atoms with Gasteiger partial charge in [0.05, 0.1) is 19.5 Å². The van der Waals surface area contributed by atoms with Crippen molar-refractivity contribution in [2.24, 2.45) is 0 Å². The second kappa shape index (κ2) is 18.5. The molecule has 256 valence electrons. The molecule has 0 saturated carbocycles. The highest BCUT2D eigenvalue weighted by Crippen LogP contribution is 2.13. The van der Waals surface area contributed by atoms with Crippen LogP contribution < -0.4 is 16.0 Å². The Labute approximate surface area is 290 Å². The molecule has 0 spiro atoms. The Bertz CT molecular complexity index is 1800. The zero-order valence-corrected chi connectivity index (χ0v) is 27.4. The number of ketones is 1. The van der Waals surface area contributed by atoms with Gasteiger partial charge in [0.25, 0.3) is 0 Å². The van der Waals surface area contributed by atoms with Crippen LogP contribution in [0.3, 0.4) is 0 Å². The average molecular weight is 674 g/mol. The Hall–Kier alpha value is -6.07. The number of carbonyl (C=O) groups is 4. The summed E-state index contributed by atoms with van der Waals surface area (Å²) < 4.78 is 11.1. The summed E-state index contributed by atoms with van der Waals surface area (Å²) in [5, 5.41) is 8.31. The topological polar surface area (TPSA) is 152 Å². The number of benzene rings is 4. The monoisotopic (exact) mass is 673 g/mol. The summed E-state index contributed by atoms with van der Waals surface area (Å²) >= 11 is 0. The molecule has 0 unspecified atom stereocenters. The third kappa shape index (κ3) is 11.0. The van der Waals surface area contributed by atoms with Gasteiger partial charge >= 0.3 is 6.09 Å². The maximum absolute atomic E-state index is 13.8. The lowest BCUT2D eigenvalue weighted by atomic mass is 9.99. The van der Waals surface area contributed by atoms with Crippen LogP contribution in [0.2, 0.25) is 0 Å². The molecule has 1 heterocycles. The van der Waals surface area contributed by atoms with Crippen LogP contribution in [0.1, 0.15) is 38.3 Å². The number of aromatic amines is 1. The molecule has 0 radical (unpaired) electrons. The van der Waals surface area contributed by atoms with Gasteiger partial charge in [-0.05, 0) is 16.7 Å². The number of hydrogen-bond acceptors (Lipinski definition) is 7. The van der Waals surface area contributed by atoms with E-state index < -0.39 is 30.0 Å². The smallest absolute Gasteiger partial charge is 0.408 e. The van der Waals surface area contributed by atoms with E-state index in [-0.39, 0.29) is 38.4 Å². The van der Waals surface area contributed by atoms with Gasteiger partial charge in [0.2, 0.25) is 11.8 Å². The van der Waals surface area contributed by atoms with Crippen molar-refractivity contribution in [3.05, 3.63) is 161 Å². The molecule has 0 fully saturated rings. The van der Waals surface area contributed by atoms with E-state index in [0.29, 0.717) is 23.4 Å². The second-order valence-corrected chi connectivity index (χ2v) is 11.5. The highest BCUT2D eigenvalue weighted by atomic mass is 16.5. The maximum atomic E-state index is 13.8. The Balaban J connectivity index is 1.26. The summed E-state index contributed by atoms with van der Waals surface area (Å²) in [6, 6.07) is 32.6. The van der Waals surface area contributed by atoms with Gasteiger partial charge in [0, 0.05) is 42.4 Å². The molecule has 4 aromatic carbocycles. The summed E-state index contributed by atoms with van der Waals surface area (Å²) in [6.07, 6.45) is 2.43. The molecular weight excluding hydrogens is 634 g/mol. The zero-order chi connectivity index (χ0) is 35.0. The molecule has 3 amide bonds. The van der Waals surface area contributed by atoms with Gasteiger partial charge in [-0.15, -0.1) is 0 Å². The van der Waals surface area contributed by atoms with Crippen LogP contribution in [0.4, 0.5) is 4.79 Å². The molecule has 0 saturated heterocycles. The van der Waals surface area contributed by atoms with E-state index in [9.17, 15) is 19.2 Å². The Morgan fingerprint density at radius 1 is 0.640 bits per heavy atom. The summed E-state index contributed by atoms with van der Waals surface area (Å²) in [5.41, 5.74) is 4.18. The summed E-state index contributed by atoms with van der Waals surface area (Å²) in [5.74, 6) is -1.15. The fourth-order valence-corrected chi connectivity index (χ4v) is 5.13. The lowest BCUT2D eigenvalue weighted by molar-refractivity contribution is -0.130. The molecule has 1 aromatic heterocycles. The van der Waals surface area contributed by atoms with Gasteiger partial charge in [-0.25, -0.2) is 9.78 Å². The van der Waals surface area contributed by atoms with Gasteiger partial charge < -0.3 is 30.4 Å². The first-order valence-corrected chi connectivity index (χ1v) is 16.3. The molecule has 0 bridgehead atoms. The predicted octanol–water partition coefficient (Wildman–Crippen LogP) is 4.54. The molecule has 50 heavy (non-hydrogen) atoms. The standard InChI is InChI=1S/C39H39N5O6/c45-36(31-14-8-3-9-15-31)32-18-16-28(17-19-32)22-34(37(46)41-20-21-49-25-29-10-4-1-5-11-29)43-38(47)35(23-33-24-40-27-42-33)44-39(48)50-26-30-12-6-2-7-13-30/h1-19,24,27,34-35H,20-23,25-26H2,(H,40,42)(H,41,46)(H,43,47)(H,44,48)/t34-,35+/m0/s1.